The smallest absolute Gasteiger partial charge is 0.262 e. The van der Waals surface area contributed by atoms with Crippen molar-refractivity contribution in [2.75, 3.05) is 11.9 Å². The molecule has 0 fully saturated rings. The first-order valence-electron chi connectivity index (χ1n) is 5.43. The Morgan fingerprint density at radius 1 is 1.21 bits per heavy atom. The highest BCUT2D eigenvalue weighted by Crippen LogP contribution is 2.22. The molecule has 0 saturated heterocycles. The van der Waals surface area contributed by atoms with Gasteiger partial charge in [0.15, 0.2) is 6.61 Å². The Bertz CT molecular complexity index is 556. The molecule has 0 aliphatic carbocycles. The number of benzene rings is 1. The summed E-state index contributed by atoms with van der Waals surface area (Å²) in [5, 5.41) is 3.54. The molecule has 6 heteroatoms. The second-order valence-electron chi connectivity index (χ2n) is 3.66. The summed E-state index contributed by atoms with van der Waals surface area (Å²) in [5.41, 5.74) is 0.520. The van der Waals surface area contributed by atoms with Gasteiger partial charge in [0.2, 0.25) is 5.88 Å². The van der Waals surface area contributed by atoms with E-state index in [2.05, 4.69) is 10.3 Å². The van der Waals surface area contributed by atoms with Crippen LogP contribution in [0.1, 0.15) is 0 Å². The monoisotopic (exact) mass is 296 g/mol. The summed E-state index contributed by atoms with van der Waals surface area (Å²) in [4.78, 5) is 15.6. The molecule has 0 spiro atoms. The summed E-state index contributed by atoms with van der Waals surface area (Å²) in [5.74, 6) is 0.0748. The van der Waals surface area contributed by atoms with E-state index in [9.17, 15) is 4.79 Å². The number of carbonyl (C=O) groups is 1. The molecule has 0 atom stereocenters. The van der Waals surface area contributed by atoms with E-state index in [1.165, 1.54) is 0 Å². The second-order valence-corrected chi connectivity index (χ2v) is 4.54. The lowest BCUT2D eigenvalue weighted by molar-refractivity contribution is -0.118. The van der Waals surface area contributed by atoms with E-state index in [4.69, 9.17) is 27.9 Å². The van der Waals surface area contributed by atoms with E-state index in [1.54, 1.807) is 42.6 Å². The normalized spacial score (nSPS) is 10.0. The molecule has 0 aliphatic heterocycles. The lowest BCUT2D eigenvalue weighted by Crippen LogP contribution is -2.20. The van der Waals surface area contributed by atoms with Crippen LogP contribution in [0.2, 0.25) is 10.0 Å². The van der Waals surface area contributed by atoms with Gasteiger partial charge in [0.25, 0.3) is 5.91 Å². The highest BCUT2D eigenvalue weighted by atomic mass is 35.5. The van der Waals surface area contributed by atoms with Crippen LogP contribution < -0.4 is 10.1 Å². The number of anilines is 1. The SMILES string of the molecule is O=C(COc1ccccn1)Nc1cc(Cl)cc(Cl)c1. The van der Waals surface area contributed by atoms with E-state index in [1.807, 2.05) is 0 Å². The molecule has 0 saturated carbocycles. The van der Waals surface area contributed by atoms with E-state index in [0.29, 0.717) is 21.6 Å². The predicted molar refractivity (Wildman–Crippen MR) is 74.8 cm³/mol. The molecule has 0 bridgehead atoms. The number of nitrogens with one attached hydrogen (secondary N) is 1. The third-order valence-corrected chi connectivity index (χ3v) is 2.57. The van der Waals surface area contributed by atoms with Crippen molar-refractivity contribution in [1.82, 2.24) is 4.98 Å². The third kappa shape index (κ3) is 4.43. The maximum atomic E-state index is 11.7. The molecule has 19 heavy (non-hydrogen) atoms. The summed E-state index contributed by atoms with van der Waals surface area (Å²) < 4.78 is 5.21. The average Bonchev–Trinajstić information content (AvgIpc) is 2.36. The lowest BCUT2D eigenvalue weighted by Gasteiger charge is -2.07. The van der Waals surface area contributed by atoms with Crippen molar-refractivity contribution in [1.29, 1.82) is 0 Å². The van der Waals surface area contributed by atoms with E-state index in [0.717, 1.165) is 0 Å². The first kappa shape index (κ1) is 13.6. The fourth-order valence-corrected chi connectivity index (χ4v) is 1.92. The molecule has 1 aromatic carbocycles. The van der Waals surface area contributed by atoms with Gasteiger partial charge in [0.1, 0.15) is 0 Å². The highest BCUT2D eigenvalue weighted by molar-refractivity contribution is 6.35. The van der Waals surface area contributed by atoms with E-state index < -0.39 is 0 Å². The van der Waals surface area contributed by atoms with Crippen molar-refractivity contribution in [2.24, 2.45) is 0 Å². The molecule has 2 aromatic rings. The molecule has 2 rings (SSSR count). The number of hydrogen-bond donors (Lipinski definition) is 1. The van der Waals surface area contributed by atoms with Crippen LogP contribution in [0, 0.1) is 0 Å². The van der Waals surface area contributed by atoms with Crippen molar-refractivity contribution >= 4 is 34.8 Å². The van der Waals surface area contributed by atoms with Crippen LogP contribution in [0.3, 0.4) is 0 Å². The molecule has 0 radical (unpaired) electrons. The summed E-state index contributed by atoms with van der Waals surface area (Å²) in [6.07, 6.45) is 1.59. The number of ether oxygens (including phenoxy) is 1. The zero-order valence-electron chi connectivity index (χ0n) is 9.77. The second kappa shape index (κ2) is 6.41. The topological polar surface area (TPSA) is 51.2 Å². The number of carbonyl (C=O) groups excluding carboxylic acids is 1. The number of pyridine rings is 1. The number of aromatic nitrogens is 1. The van der Waals surface area contributed by atoms with Crippen LogP contribution in [0.4, 0.5) is 5.69 Å². The van der Waals surface area contributed by atoms with Gasteiger partial charge >= 0.3 is 0 Å². The van der Waals surface area contributed by atoms with Gasteiger partial charge in [-0.15, -0.1) is 0 Å². The molecular formula is C13H10Cl2N2O2. The van der Waals surface area contributed by atoms with Crippen LogP contribution in [-0.2, 0) is 4.79 Å². The van der Waals surface area contributed by atoms with Gasteiger partial charge in [0, 0.05) is 28.0 Å². The molecule has 1 aromatic heterocycles. The third-order valence-electron chi connectivity index (χ3n) is 2.14. The Hall–Kier alpha value is -1.78. The van der Waals surface area contributed by atoms with Crippen LogP contribution in [0.5, 0.6) is 5.88 Å². The van der Waals surface area contributed by atoms with Crippen molar-refractivity contribution in [3.05, 3.63) is 52.6 Å². The molecule has 98 valence electrons. The summed E-state index contributed by atoms with van der Waals surface area (Å²) in [6, 6.07) is 10.0. The fourth-order valence-electron chi connectivity index (χ4n) is 1.40. The van der Waals surface area contributed by atoms with Crippen molar-refractivity contribution in [3.63, 3.8) is 0 Å². The number of amides is 1. The molecule has 0 unspecified atom stereocenters. The minimum absolute atomic E-state index is 0.138. The van der Waals surface area contributed by atoms with Gasteiger partial charge in [-0.05, 0) is 24.3 Å². The maximum absolute atomic E-state index is 11.7. The fraction of sp³-hybridized carbons (Fsp3) is 0.0769. The van der Waals surface area contributed by atoms with Gasteiger partial charge in [-0.2, -0.15) is 0 Å². The van der Waals surface area contributed by atoms with Gasteiger partial charge < -0.3 is 10.1 Å². The summed E-state index contributed by atoms with van der Waals surface area (Å²) >= 11 is 11.7. The molecule has 1 heterocycles. The zero-order valence-corrected chi connectivity index (χ0v) is 11.3. The summed E-state index contributed by atoms with van der Waals surface area (Å²) in [6.45, 7) is -0.138. The van der Waals surface area contributed by atoms with Gasteiger partial charge in [-0.3, -0.25) is 4.79 Å². The van der Waals surface area contributed by atoms with Gasteiger partial charge in [-0.1, -0.05) is 29.3 Å². The Labute approximate surface area is 120 Å². The molecular weight excluding hydrogens is 287 g/mol. The van der Waals surface area contributed by atoms with Crippen molar-refractivity contribution in [3.8, 4) is 5.88 Å². The highest BCUT2D eigenvalue weighted by Gasteiger charge is 2.05. The number of rotatable bonds is 4. The quantitative estimate of drug-likeness (QED) is 0.941. The van der Waals surface area contributed by atoms with Crippen LogP contribution >= 0.6 is 23.2 Å². The maximum Gasteiger partial charge on any atom is 0.262 e. The number of nitrogens with zero attached hydrogens (tertiary/aromatic N) is 1. The van der Waals surface area contributed by atoms with Crippen molar-refractivity contribution < 1.29 is 9.53 Å². The Morgan fingerprint density at radius 2 is 1.95 bits per heavy atom. The number of hydrogen-bond acceptors (Lipinski definition) is 3. The lowest BCUT2D eigenvalue weighted by atomic mass is 10.3. The summed E-state index contributed by atoms with van der Waals surface area (Å²) in [7, 11) is 0. The molecule has 1 amide bonds. The first-order valence-corrected chi connectivity index (χ1v) is 6.19. The van der Waals surface area contributed by atoms with E-state index >= 15 is 0 Å². The Balaban J connectivity index is 1.91. The molecule has 4 nitrogen and oxygen atoms in total. The predicted octanol–water partition coefficient (Wildman–Crippen LogP) is 3.41. The van der Waals surface area contributed by atoms with Crippen molar-refractivity contribution in [2.45, 2.75) is 0 Å². The molecule has 1 N–H and O–H groups in total. The minimum Gasteiger partial charge on any atom is -0.468 e. The Kier molecular flexibility index (Phi) is 4.60. The van der Waals surface area contributed by atoms with Crippen LogP contribution in [-0.4, -0.2) is 17.5 Å². The zero-order chi connectivity index (χ0) is 13.7. The standard InChI is InChI=1S/C13H10Cl2N2O2/c14-9-5-10(15)7-11(6-9)17-12(18)8-19-13-3-1-2-4-16-13/h1-7H,8H2,(H,17,18). The van der Waals surface area contributed by atoms with E-state index in [-0.39, 0.29) is 12.5 Å². The first-order chi connectivity index (χ1) is 9.13. The number of halogens is 2. The Morgan fingerprint density at radius 3 is 2.58 bits per heavy atom. The largest absolute Gasteiger partial charge is 0.468 e. The molecule has 0 aliphatic rings. The van der Waals surface area contributed by atoms with Crippen LogP contribution in [0.25, 0.3) is 0 Å². The van der Waals surface area contributed by atoms with Crippen LogP contribution in [0.15, 0.2) is 42.6 Å². The van der Waals surface area contributed by atoms with Gasteiger partial charge in [-0.25, -0.2) is 4.98 Å². The van der Waals surface area contributed by atoms with Gasteiger partial charge in [0.05, 0.1) is 0 Å². The minimum atomic E-state index is -0.316. The average molecular weight is 297 g/mol.